The van der Waals surface area contributed by atoms with Gasteiger partial charge in [0.15, 0.2) is 6.29 Å². The normalized spacial score (nSPS) is 43.7. The standard InChI is InChI=1S/C16H26O12/c1-2-3-9(19)25-5-8-10(20)12(22)13(23)15(26-8)28-16(6-18)14(24)11(21)7(4-17)27-16/h2,7-8,10-15,17-18,20-24H,1,3-6H2/t7-,8-,10-,11-,12+,13-,14+,15-,16+/m1/s1. The Hall–Kier alpha value is -1.19. The summed E-state index contributed by atoms with van der Waals surface area (Å²) in [6.45, 7) is 1.19. The molecule has 0 spiro atoms. The molecule has 0 aromatic carbocycles. The highest BCUT2D eigenvalue weighted by Gasteiger charge is 2.58. The molecule has 2 saturated heterocycles. The molecule has 0 amide bonds. The summed E-state index contributed by atoms with van der Waals surface area (Å²) in [5.74, 6) is -2.94. The van der Waals surface area contributed by atoms with E-state index >= 15 is 0 Å². The molecule has 0 aromatic heterocycles. The Morgan fingerprint density at radius 2 is 1.71 bits per heavy atom. The first-order valence-electron chi connectivity index (χ1n) is 8.60. The van der Waals surface area contributed by atoms with Gasteiger partial charge in [-0.25, -0.2) is 0 Å². The number of ether oxygens (including phenoxy) is 4. The number of rotatable bonds is 8. The molecule has 2 fully saturated rings. The number of hydrogen-bond donors (Lipinski definition) is 7. The largest absolute Gasteiger partial charge is 0.463 e. The predicted molar refractivity (Wildman–Crippen MR) is 87.3 cm³/mol. The van der Waals surface area contributed by atoms with Crippen LogP contribution in [0.15, 0.2) is 12.7 Å². The molecule has 2 aliphatic rings. The second-order valence-electron chi connectivity index (χ2n) is 6.55. The van der Waals surface area contributed by atoms with Crippen molar-refractivity contribution < 1.29 is 59.5 Å². The summed E-state index contributed by atoms with van der Waals surface area (Å²) < 4.78 is 20.7. The van der Waals surface area contributed by atoms with Gasteiger partial charge in [-0.05, 0) is 0 Å². The molecule has 0 unspecified atom stereocenters. The van der Waals surface area contributed by atoms with Crippen molar-refractivity contribution in [3.8, 4) is 0 Å². The van der Waals surface area contributed by atoms with Crippen molar-refractivity contribution in [1.82, 2.24) is 0 Å². The van der Waals surface area contributed by atoms with E-state index in [9.17, 15) is 40.5 Å². The van der Waals surface area contributed by atoms with E-state index < -0.39 is 80.6 Å². The van der Waals surface area contributed by atoms with E-state index in [0.29, 0.717) is 0 Å². The van der Waals surface area contributed by atoms with E-state index in [1.165, 1.54) is 6.08 Å². The van der Waals surface area contributed by atoms with Gasteiger partial charge in [0, 0.05) is 0 Å². The minimum Gasteiger partial charge on any atom is -0.463 e. The van der Waals surface area contributed by atoms with Crippen LogP contribution < -0.4 is 0 Å². The van der Waals surface area contributed by atoms with Gasteiger partial charge in [-0.2, -0.15) is 0 Å². The highest BCUT2D eigenvalue weighted by Crippen LogP contribution is 2.35. The lowest BCUT2D eigenvalue weighted by Gasteiger charge is -2.43. The van der Waals surface area contributed by atoms with E-state index in [1.54, 1.807) is 0 Å². The number of esters is 1. The Balaban J connectivity index is 2.12. The van der Waals surface area contributed by atoms with Gasteiger partial charge in [0.25, 0.3) is 0 Å². The lowest BCUT2D eigenvalue weighted by atomic mass is 9.99. The monoisotopic (exact) mass is 410 g/mol. The van der Waals surface area contributed by atoms with Crippen LogP contribution in [0.4, 0.5) is 0 Å². The number of carbonyl (C=O) groups is 1. The van der Waals surface area contributed by atoms with E-state index in [1.807, 2.05) is 0 Å². The van der Waals surface area contributed by atoms with Gasteiger partial charge in [-0.1, -0.05) is 6.08 Å². The molecule has 28 heavy (non-hydrogen) atoms. The maximum Gasteiger partial charge on any atom is 0.309 e. The van der Waals surface area contributed by atoms with E-state index in [-0.39, 0.29) is 6.42 Å². The molecule has 0 aromatic rings. The molecule has 2 heterocycles. The summed E-state index contributed by atoms with van der Waals surface area (Å²) in [4.78, 5) is 11.4. The van der Waals surface area contributed by atoms with Crippen LogP contribution in [-0.4, -0.2) is 116 Å². The average Bonchev–Trinajstić information content (AvgIpc) is 2.92. The topological polar surface area (TPSA) is 196 Å². The summed E-state index contributed by atoms with van der Waals surface area (Å²) in [5.41, 5.74) is 0. The molecule has 7 N–H and O–H groups in total. The van der Waals surface area contributed by atoms with Gasteiger partial charge in [0.05, 0.1) is 13.0 Å². The highest BCUT2D eigenvalue weighted by atomic mass is 16.8. The van der Waals surface area contributed by atoms with Crippen LogP contribution in [0.2, 0.25) is 0 Å². The fourth-order valence-electron chi connectivity index (χ4n) is 2.97. The van der Waals surface area contributed by atoms with Crippen LogP contribution in [0, 0.1) is 0 Å². The molecule has 12 nitrogen and oxygen atoms in total. The average molecular weight is 410 g/mol. The molecule has 12 heteroatoms. The first-order valence-corrected chi connectivity index (χ1v) is 8.60. The van der Waals surface area contributed by atoms with Gasteiger partial charge in [-0.15, -0.1) is 6.58 Å². The second-order valence-corrected chi connectivity index (χ2v) is 6.55. The molecule has 9 atom stereocenters. The van der Waals surface area contributed by atoms with Crippen molar-refractivity contribution in [3.05, 3.63) is 12.7 Å². The molecule has 0 radical (unpaired) electrons. The Morgan fingerprint density at radius 1 is 1.04 bits per heavy atom. The van der Waals surface area contributed by atoms with Gasteiger partial charge < -0.3 is 54.7 Å². The molecular weight excluding hydrogens is 384 g/mol. The molecule has 0 saturated carbocycles. The summed E-state index contributed by atoms with van der Waals surface area (Å²) in [7, 11) is 0. The van der Waals surface area contributed by atoms with Crippen molar-refractivity contribution >= 4 is 5.97 Å². The molecular formula is C16H26O12. The summed E-state index contributed by atoms with van der Waals surface area (Å²) in [6, 6.07) is 0. The lowest BCUT2D eigenvalue weighted by Crippen LogP contribution is -2.62. The maximum atomic E-state index is 11.4. The first-order chi connectivity index (χ1) is 13.2. The molecule has 0 bridgehead atoms. The smallest absolute Gasteiger partial charge is 0.309 e. The molecule has 0 aliphatic carbocycles. The number of aliphatic hydroxyl groups excluding tert-OH is 7. The van der Waals surface area contributed by atoms with Crippen molar-refractivity contribution in [2.24, 2.45) is 0 Å². The zero-order valence-electron chi connectivity index (χ0n) is 14.9. The van der Waals surface area contributed by atoms with Crippen LogP contribution in [-0.2, 0) is 23.7 Å². The zero-order valence-corrected chi connectivity index (χ0v) is 14.9. The van der Waals surface area contributed by atoms with E-state index in [0.717, 1.165) is 0 Å². The summed E-state index contributed by atoms with van der Waals surface area (Å²) in [6.07, 6.45) is -11.8. The predicted octanol–water partition coefficient (Wildman–Crippen LogP) is -4.27. The fraction of sp³-hybridized carbons (Fsp3) is 0.812. The third-order valence-electron chi connectivity index (χ3n) is 4.61. The Labute approximate surface area is 160 Å². The minimum absolute atomic E-state index is 0.0952. The van der Waals surface area contributed by atoms with Crippen LogP contribution in [0.3, 0.4) is 0 Å². The summed E-state index contributed by atoms with van der Waals surface area (Å²) in [5, 5.41) is 69.0. The van der Waals surface area contributed by atoms with Crippen molar-refractivity contribution in [2.45, 2.75) is 61.2 Å². The second kappa shape index (κ2) is 9.54. The van der Waals surface area contributed by atoms with E-state index in [2.05, 4.69) is 6.58 Å². The van der Waals surface area contributed by atoms with Crippen LogP contribution in [0.5, 0.6) is 0 Å². The lowest BCUT2D eigenvalue weighted by molar-refractivity contribution is -0.383. The Morgan fingerprint density at radius 3 is 2.25 bits per heavy atom. The van der Waals surface area contributed by atoms with Gasteiger partial charge in [0.2, 0.25) is 5.79 Å². The molecule has 2 aliphatic heterocycles. The first kappa shape index (κ1) is 23.1. The highest BCUT2D eigenvalue weighted by molar-refractivity contribution is 5.70. The van der Waals surface area contributed by atoms with Crippen molar-refractivity contribution in [1.29, 1.82) is 0 Å². The quantitative estimate of drug-likeness (QED) is 0.151. The number of hydrogen-bond acceptors (Lipinski definition) is 12. The third-order valence-corrected chi connectivity index (χ3v) is 4.61. The Kier molecular flexibility index (Phi) is 7.87. The van der Waals surface area contributed by atoms with Crippen LogP contribution in [0.1, 0.15) is 6.42 Å². The number of aliphatic hydroxyl groups is 7. The van der Waals surface area contributed by atoms with Crippen molar-refractivity contribution in [2.75, 3.05) is 19.8 Å². The van der Waals surface area contributed by atoms with Gasteiger partial charge in [-0.3, -0.25) is 4.79 Å². The molecule has 2 rings (SSSR count). The molecule has 162 valence electrons. The SMILES string of the molecule is C=CCC(=O)OC[C@H]1O[C@H](O[C@]2(CO)O[C@H](CO)[C@@H](O)[C@@H]2O)[C@H](O)[C@@H](O)[C@@H]1O. The summed E-state index contributed by atoms with van der Waals surface area (Å²) >= 11 is 0. The zero-order chi connectivity index (χ0) is 21.1. The number of carbonyl (C=O) groups excluding carboxylic acids is 1. The van der Waals surface area contributed by atoms with E-state index in [4.69, 9.17) is 18.9 Å². The van der Waals surface area contributed by atoms with Crippen molar-refractivity contribution in [3.63, 3.8) is 0 Å². The fourth-order valence-corrected chi connectivity index (χ4v) is 2.97. The van der Waals surface area contributed by atoms with Gasteiger partial charge >= 0.3 is 5.97 Å². The maximum absolute atomic E-state index is 11.4. The van der Waals surface area contributed by atoms with Gasteiger partial charge in [0.1, 0.15) is 55.9 Å². The Bertz CT molecular complexity index is 544. The third kappa shape index (κ3) is 4.52. The van der Waals surface area contributed by atoms with Crippen LogP contribution >= 0.6 is 0 Å². The van der Waals surface area contributed by atoms with Crippen LogP contribution in [0.25, 0.3) is 0 Å². The minimum atomic E-state index is -2.27.